The molecule has 1 amide bonds. The van der Waals surface area contributed by atoms with Crippen molar-refractivity contribution < 1.29 is 19.5 Å². The number of fused-ring (bicyclic) bond motifs is 1. The van der Waals surface area contributed by atoms with Gasteiger partial charge in [0.2, 0.25) is 0 Å². The lowest BCUT2D eigenvalue weighted by Gasteiger charge is -2.14. The van der Waals surface area contributed by atoms with E-state index in [1.54, 1.807) is 12.1 Å². The molecule has 2 aromatic rings. The molecule has 0 fully saturated rings. The number of hydrogen-bond donors (Lipinski definition) is 2. The maximum Gasteiger partial charge on any atom is 0.326 e. The van der Waals surface area contributed by atoms with Gasteiger partial charge in [-0.1, -0.05) is 30.3 Å². The molecule has 114 valence electrons. The first-order valence-electron chi connectivity index (χ1n) is 6.99. The number of carboxylic acid groups (broad SMARTS) is 1. The third kappa shape index (κ3) is 3.91. The van der Waals surface area contributed by atoms with E-state index < -0.39 is 17.9 Å². The van der Waals surface area contributed by atoms with Crippen LogP contribution in [0.3, 0.4) is 0 Å². The van der Waals surface area contributed by atoms with Crippen molar-refractivity contribution in [1.29, 1.82) is 0 Å². The highest BCUT2D eigenvalue weighted by Gasteiger charge is 2.21. The van der Waals surface area contributed by atoms with E-state index in [1.165, 1.54) is 6.92 Å². The molecule has 5 nitrogen and oxygen atoms in total. The van der Waals surface area contributed by atoms with Gasteiger partial charge in [-0.15, -0.1) is 0 Å². The molecule has 0 radical (unpaired) electrons. The molecule has 22 heavy (non-hydrogen) atoms. The van der Waals surface area contributed by atoms with Crippen LogP contribution in [0.15, 0.2) is 42.5 Å². The molecule has 0 saturated heterocycles. The molecular formula is C17H17NO4. The van der Waals surface area contributed by atoms with Crippen LogP contribution >= 0.6 is 0 Å². The van der Waals surface area contributed by atoms with Gasteiger partial charge in [-0.3, -0.25) is 4.79 Å². The largest absolute Gasteiger partial charge is 0.480 e. The van der Waals surface area contributed by atoms with Crippen LogP contribution in [-0.2, 0) is 9.59 Å². The molecular weight excluding hydrogens is 282 g/mol. The minimum Gasteiger partial charge on any atom is -0.480 e. The number of benzene rings is 2. The summed E-state index contributed by atoms with van der Waals surface area (Å²) in [6.07, 6.45) is 0.207. The summed E-state index contributed by atoms with van der Waals surface area (Å²) < 4.78 is 0. The zero-order valence-corrected chi connectivity index (χ0v) is 12.2. The molecule has 0 aliphatic carbocycles. The van der Waals surface area contributed by atoms with Crippen molar-refractivity contribution in [2.45, 2.75) is 25.8 Å². The molecule has 0 bridgehead atoms. The highest BCUT2D eigenvalue weighted by Crippen LogP contribution is 2.15. The second-order valence-electron chi connectivity index (χ2n) is 5.17. The van der Waals surface area contributed by atoms with Crippen LogP contribution in [0.5, 0.6) is 0 Å². The molecule has 2 N–H and O–H groups in total. The summed E-state index contributed by atoms with van der Waals surface area (Å²) in [5.74, 6) is -1.71. The number of hydrogen-bond acceptors (Lipinski definition) is 3. The average Bonchev–Trinajstić information content (AvgIpc) is 2.50. The molecule has 2 rings (SSSR count). The summed E-state index contributed by atoms with van der Waals surface area (Å²) in [6.45, 7) is 1.39. The van der Waals surface area contributed by atoms with E-state index in [0.717, 1.165) is 10.8 Å². The van der Waals surface area contributed by atoms with Crippen molar-refractivity contribution in [3.8, 4) is 0 Å². The van der Waals surface area contributed by atoms with Gasteiger partial charge < -0.3 is 15.2 Å². The van der Waals surface area contributed by atoms with E-state index in [-0.39, 0.29) is 18.6 Å². The normalized spacial score (nSPS) is 11.9. The Morgan fingerprint density at radius 2 is 1.77 bits per heavy atom. The highest BCUT2D eigenvalue weighted by atomic mass is 16.4. The first-order chi connectivity index (χ1) is 10.5. The molecule has 0 aromatic heterocycles. The molecule has 5 heteroatoms. The second kappa shape index (κ2) is 6.85. The predicted octanol–water partition coefficient (Wildman–Crippen LogP) is 2.39. The van der Waals surface area contributed by atoms with Gasteiger partial charge in [-0.25, -0.2) is 4.79 Å². The molecule has 0 aliphatic rings. The number of carboxylic acids is 1. The average molecular weight is 299 g/mol. The van der Waals surface area contributed by atoms with Crippen LogP contribution < -0.4 is 5.32 Å². The van der Waals surface area contributed by atoms with E-state index >= 15 is 0 Å². The topological polar surface area (TPSA) is 83.5 Å². The van der Waals surface area contributed by atoms with E-state index in [1.807, 2.05) is 30.3 Å². The molecule has 0 spiro atoms. The van der Waals surface area contributed by atoms with E-state index in [2.05, 4.69) is 5.32 Å². The monoisotopic (exact) mass is 299 g/mol. The van der Waals surface area contributed by atoms with Crippen LogP contribution in [0.1, 0.15) is 30.1 Å². The summed E-state index contributed by atoms with van der Waals surface area (Å²) in [7, 11) is 0. The molecule has 0 heterocycles. The van der Waals surface area contributed by atoms with Crippen molar-refractivity contribution in [2.24, 2.45) is 0 Å². The van der Waals surface area contributed by atoms with Gasteiger partial charge in [-0.05, 0) is 36.2 Å². The summed E-state index contributed by atoms with van der Waals surface area (Å²) in [5.41, 5.74) is 0.396. The first-order valence-corrected chi connectivity index (χ1v) is 6.99. The van der Waals surface area contributed by atoms with Gasteiger partial charge >= 0.3 is 5.97 Å². The number of amides is 1. The Morgan fingerprint density at radius 3 is 2.41 bits per heavy atom. The summed E-state index contributed by atoms with van der Waals surface area (Å²) in [5, 5.41) is 13.5. The Balaban J connectivity index is 2.14. The summed E-state index contributed by atoms with van der Waals surface area (Å²) in [6, 6.07) is 11.7. The first kappa shape index (κ1) is 15.7. The molecule has 0 aliphatic heterocycles. The number of ketones is 1. The maximum atomic E-state index is 12.2. The standard InChI is InChI=1S/C17H17NO4/c1-11(19)6-9-15(17(21)22)18-16(20)14-8-7-12-4-2-3-5-13(12)10-14/h2-5,7-8,10,15H,6,9H2,1H3,(H,18,20)(H,21,22)/t15-/m0/s1. The van der Waals surface area contributed by atoms with Crippen LogP contribution in [0, 0.1) is 0 Å². The Morgan fingerprint density at radius 1 is 1.09 bits per heavy atom. The number of aliphatic carboxylic acids is 1. The van der Waals surface area contributed by atoms with Crippen LogP contribution in [0.4, 0.5) is 0 Å². The van der Waals surface area contributed by atoms with Gasteiger partial charge in [-0.2, -0.15) is 0 Å². The van der Waals surface area contributed by atoms with Crippen molar-refractivity contribution in [3.05, 3.63) is 48.0 Å². The van der Waals surface area contributed by atoms with Gasteiger partial charge in [0.25, 0.3) is 5.91 Å². The van der Waals surface area contributed by atoms with Crippen molar-refractivity contribution >= 4 is 28.4 Å². The van der Waals surface area contributed by atoms with E-state index in [0.29, 0.717) is 5.56 Å². The van der Waals surface area contributed by atoms with Gasteiger partial charge in [0.1, 0.15) is 11.8 Å². The zero-order chi connectivity index (χ0) is 16.1. The fraction of sp³-hybridized carbons (Fsp3) is 0.235. The molecule has 0 saturated carbocycles. The summed E-state index contributed by atoms with van der Waals surface area (Å²) >= 11 is 0. The van der Waals surface area contributed by atoms with Crippen LogP contribution in [0.2, 0.25) is 0 Å². The zero-order valence-electron chi connectivity index (χ0n) is 12.2. The third-order valence-corrected chi connectivity index (χ3v) is 3.40. The highest BCUT2D eigenvalue weighted by molar-refractivity contribution is 6.00. The van der Waals surface area contributed by atoms with E-state index in [4.69, 9.17) is 5.11 Å². The van der Waals surface area contributed by atoms with Gasteiger partial charge in [0.05, 0.1) is 0 Å². The Hall–Kier alpha value is -2.69. The Kier molecular flexibility index (Phi) is 4.88. The lowest BCUT2D eigenvalue weighted by Crippen LogP contribution is -2.41. The maximum absolute atomic E-state index is 12.2. The number of nitrogens with one attached hydrogen (secondary N) is 1. The number of Topliss-reactive ketones (excluding diaryl/α,β-unsaturated/α-hetero) is 1. The Labute approximate surface area is 127 Å². The third-order valence-electron chi connectivity index (χ3n) is 3.40. The number of carbonyl (C=O) groups is 3. The number of rotatable bonds is 6. The second-order valence-corrected chi connectivity index (χ2v) is 5.17. The minimum atomic E-state index is -1.14. The van der Waals surface area contributed by atoms with Crippen LogP contribution in [0.25, 0.3) is 10.8 Å². The van der Waals surface area contributed by atoms with Crippen molar-refractivity contribution in [2.75, 3.05) is 0 Å². The van der Waals surface area contributed by atoms with Crippen molar-refractivity contribution in [3.63, 3.8) is 0 Å². The van der Waals surface area contributed by atoms with Crippen LogP contribution in [-0.4, -0.2) is 28.8 Å². The SMILES string of the molecule is CC(=O)CC[C@H](NC(=O)c1ccc2ccccc2c1)C(=O)O. The predicted molar refractivity (Wildman–Crippen MR) is 82.8 cm³/mol. The minimum absolute atomic E-state index is 0.0873. The summed E-state index contributed by atoms with van der Waals surface area (Å²) in [4.78, 5) is 34.3. The molecule has 2 aromatic carbocycles. The van der Waals surface area contributed by atoms with E-state index in [9.17, 15) is 14.4 Å². The molecule has 0 unspecified atom stereocenters. The quantitative estimate of drug-likeness (QED) is 0.858. The van der Waals surface area contributed by atoms with Gasteiger partial charge in [0, 0.05) is 12.0 Å². The smallest absolute Gasteiger partial charge is 0.326 e. The lowest BCUT2D eigenvalue weighted by atomic mass is 10.1. The number of carbonyl (C=O) groups excluding carboxylic acids is 2. The van der Waals surface area contributed by atoms with Crippen molar-refractivity contribution in [1.82, 2.24) is 5.32 Å². The van der Waals surface area contributed by atoms with Gasteiger partial charge in [0.15, 0.2) is 0 Å². The molecule has 1 atom stereocenters. The fourth-order valence-corrected chi connectivity index (χ4v) is 2.18. The lowest BCUT2D eigenvalue weighted by molar-refractivity contribution is -0.139. The Bertz CT molecular complexity index is 723. The fourth-order valence-electron chi connectivity index (χ4n) is 2.18.